The van der Waals surface area contributed by atoms with E-state index in [0.29, 0.717) is 0 Å². The van der Waals surface area contributed by atoms with E-state index in [1.165, 1.54) is 19.6 Å². The Kier molecular flexibility index (Phi) is 3.01. The van der Waals surface area contributed by atoms with Gasteiger partial charge < -0.3 is 19.7 Å². The van der Waals surface area contributed by atoms with Gasteiger partial charge in [-0.1, -0.05) is 98.7 Å². The van der Waals surface area contributed by atoms with Gasteiger partial charge >= 0.3 is 11.9 Å². The van der Waals surface area contributed by atoms with Crippen molar-refractivity contribution in [1.29, 1.82) is 0 Å². The molecule has 4 rings (SSSR count). The lowest BCUT2D eigenvalue weighted by Gasteiger charge is -2.43. The Bertz CT molecular complexity index is 2400. The monoisotopic (exact) mass is 572 g/mol. The molecule has 0 aliphatic heterocycles. The van der Waals surface area contributed by atoms with Crippen molar-refractivity contribution >= 4 is 20.3 Å². The van der Waals surface area contributed by atoms with Gasteiger partial charge in [0.05, 0.1) is 13.7 Å². The summed E-state index contributed by atoms with van der Waals surface area (Å²) in [6.07, 6.45) is -41.8. The molecule has 0 radical (unpaired) electrons. The van der Waals surface area contributed by atoms with Crippen LogP contribution in [0.1, 0.15) is 119 Å². The third kappa shape index (κ3) is 6.93. The summed E-state index contributed by atoms with van der Waals surface area (Å²) in [5.41, 5.74) is -11.6. The first-order valence-electron chi connectivity index (χ1n) is 26.5. The van der Waals surface area contributed by atoms with E-state index in [2.05, 4.69) is 0 Å². The molecular weight excluding hydrogens is 496 g/mol. The van der Waals surface area contributed by atoms with Gasteiger partial charge in [-0.3, -0.25) is 0 Å². The smallest absolute Gasteiger partial charge is 0.340 e. The Morgan fingerprint density at radius 3 is 1.61 bits per heavy atom. The molecule has 3 N–H and O–H groups in total. The standard InChI is InChI=1S/C17H26O3Si.C14H18O3/c1-21(2,3)20-17(16(18)19,14-10-6-4-7-11-14)15-12-8-5-9-13-15;15-13(16)14(17,11-7-3-1-4-8-11)12-9-5-2-6-10-12/h4,6-7,10-11,15H,5,8-9,12-13H2,1-3H3,(H,18,19);1,3-4,7-8,12,17H,2,5-6,9-10H2,(H,15,16)/i4D,5D2,6D,7D,8D2,9D2,10D,11D,12D2,13D2,15D;1D,2D2,3D,4D,5D2,6D2,7D,8D,9D2,10D2,12D. The van der Waals surface area contributed by atoms with E-state index in [1.54, 1.807) is 0 Å². The number of carboxylic acids is 2. The summed E-state index contributed by atoms with van der Waals surface area (Å²) in [4.78, 5) is 25.5. The minimum Gasteiger partial charge on any atom is -0.479 e. The summed E-state index contributed by atoms with van der Waals surface area (Å²) in [5.74, 6) is -14.1. The Balaban J connectivity index is 0.000000373. The Hall–Kier alpha value is -2.48. The maximum Gasteiger partial charge on any atom is 0.340 e. The van der Waals surface area contributed by atoms with Crippen molar-refractivity contribution in [1.82, 2.24) is 0 Å². The molecule has 2 aromatic carbocycles. The molecule has 2 aliphatic carbocycles. The van der Waals surface area contributed by atoms with Crippen LogP contribution in [0.15, 0.2) is 60.4 Å². The van der Waals surface area contributed by atoms with Gasteiger partial charge in [0.25, 0.3) is 0 Å². The fourth-order valence-electron chi connectivity index (χ4n) is 3.00. The average Bonchev–Trinajstić information content (AvgIpc) is 3.20. The number of carboxylic acid groups (broad SMARTS) is 2. The van der Waals surface area contributed by atoms with Crippen molar-refractivity contribution in [3.63, 3.8) is 0 Å². The lowest BCUT2D eigenvalue weighted by atomic mass is 9.73. The number of aliphatic carboxylic acids is 2. The largest absolute Gasteiger partial charge is 0.479 e. The quantitative estimate of drug-likeness (QED) is 0.296. The summed E-state index contributed by atoms with van der Waals surface area (Å²) >= 11 is 0. The molecule has 0 saturated heterocycles. The molecule has 6 nitrogen and oxygen atoms in total. The maximum atomic E-state index is 13.1. The second kappa shape index (κ2) is 13.0. The number of benzene rings is 2. The topological polar surface area (TPSA) is 104 Å². The van der Waals surface area contributed by atoms with Gasteiger partial charge in [-0.15, -0.1) is 0 Å². The molecule has 0 heterocycles. The van der Waals surface area contributed by atoms with Crippen molar-refractivity contribution in [2.45, 2.75) is 94.6 Å². The predicted molar refractivity (Wildman–Crippen MR) is 151 cm³/mol. The highest BCUT2D eigenvalue weighted by Gasteiger charge is 2.51. The second-order valence-corrected chi connectivity index (χ2v) is 12.6. The van der Waals surface area contributed by atoms with Crippen LogP contribution in [-0.2, 0) is 25.2 Å². The first kappa shape index (κ1) is 8.76. The van der Waals surface area contributed by atoms with Crippen LogP contribution in [0.4, 0.5) is 0 Å². The first-order valence-corrected chi connectivity index (χ1v) is 13.9. The Labute approximate surface area is 273 Å². The molecule has 0 spiro atoms. The van der Waals surface area contributed by atoms with E-state index in [4.69, 9.17) is 48.3 Å². The number of carbonyl (C=O) groups is 2. The van der Waals surface area contributed by atoms with Crippen LogP contribution in [-0.4, -0.2) is 35.6 Å². The summed E-state index contributed by atoms with van der Waals surface area (Å²) in [6.45, 7) is 3.87. The Morgan fingerprint density at radius 1 is 0.789 bits per heavy atom. The zero-order chi connectivity index (χ0) is 56.3. The highest BCUT2D eigenvalue weighted by atomic mass is 28.4. The molecule has 0 aromatic heterocycles. The lowest BCUT2D eigenvalue weighted by Crippen LogP contribution is -2.51. The summed E-state index contributed by atoms with van der Waals surface area (Å²) in [7, 11) is -3.53. The Morgan fingerprint density at radius 2 is 1.21 bits per heavy atom. The molecule has 38 heavy (non-hydrogen) atoms. The molecule has 2 unspecified atom stereocenters. The molecular formula is C31H44O6Si. The van der Waals surface area contributed by atoms with E-state index in [1.807, 2.05) is 0 Å². The molecule has 0 amide bonds. The summed E-state index contributed by atoms with van der Waals surface area (Å²) in [6, 6.07) is -12.5. The number of hydrogen-bond acceptors (Lipinski definition) is 4. The van der Waals surface area contributed by atoms with Crippen LogP contribution in [0.3, 0.4) is 0 Å². The highest BCUT2D eigenvalue weighted by molar-refractivity contribution is 6.70. The molecule has 2 fully saturated rings. The van der Waals surface area contributed by atoms with Gasteiger partial charge in [-0.25, -0.2) is 9.59 Å². The van der Waals surface area contributed by atoms with Gasteiger partial charge in [0.2, 0.25) is 0 Å². The van der Waals surface area contributed by atoms with Crippen molar-refractivity contribution in [2.24, 2.45) is 11.8 Å². The van der Waals surface area contributed by atoms with E-state index in [0.717, 1.165) is 0 Å². The lowest BCUT2D eigenvalue weighted by molar-refractivity contribution is -0.168. The molecule has 208 valence electrons. The summed E-state index contributed by atoms with van der Waals surface area (Å²) in [5, 5.41) is 31.7. The average molecular weight is 573 g/mol. The molecule has 0 bridgehead atoms. The molecule has 7 heteroatoms. The van der Waals surface area contributed by atoms with Gasteiger partial charge in [0, 0.05) is 41.9 Å². The van der Waals surface area contributed by atoms with Crippen molar-refractivity contribution < 1.29 is 73.2 Å². The minimum atomic E-state index is -4.55. The van der Waals surface area contributed by atoms with Crippen molar-refractivity contribution in [2.75, 3.05) is 0 Å². The van der Waals surface area contributed by atoms with Crippen LogP contribution in [0.5, 0.6) is 0 Å². The van der Waals surface area contributed by atoms with Crippen LogP contribution in [0.25, 0.3) is 0 Å². The van der Waals surface area contributed by atoms with E-state index < -0.39 is 179 Å². The van der Waals surface area contributed by atoms with Crippen LogP contribution in [0.2, 0.25) is 19.6 Å². The van der Waals surface area contributed by atoms with Gasteiger partial charge in [-0.05, 0) is 56.3 Å². The number of rotatable bonds is 8. The fraction of sp³-hybridized carbons (Fsp3) is 0.548. The van der Waals surface area contributed by atoms with E-state index in [9.17, 15) is 24.9 Å². The van der Waals surface area contributed by atoms with Crippen molar-refractivity contribution in [3.05, 3.63) is 71.6 Å². The zero-order valence-electron chi connectivity index (χ0n) is 52.1. The molecule has 2 aliphatic rings. The molecule has 2 aromatic rings. The fourth-order valence-corrected chi connectivity index (χ4v) is 4.21. The van der Waals surface area contributed by atoms with Gasteiger partial charge in [-0.2, -0.15) is 0 Å². The predicted octanol–water partition coefficient (Wildman–Crippen LogP) is 6.94. The first-order chi connectivity index (χ1) is 30.4. The van der Waals surface area contributed by atoms with Crippen molar-refractivity contribution in [3.8, 4) is 0 Å². The molecule has 2 atom stereocenters. The maximum absolute atomic E-state index is 13.1. The summed E-state index contributed by atoms with van der Waals surface area (Å²) < 4.78 is 266. The van der Waals surface area contributed by atoms with Crippen LogP contribution in [0, 0.1) is 11.8 Å². The number of aliphatic hydroxyl groups is 1. The van der Waals surface area contributed by atoms with Crippen LogP contribution < -0.4 is 0 Å². The van der Waals surface area contributed by atoms with E-state index in [-0.39, 0.29) is 0 Å². The zero-order valence-corrected chi connectivity index (χ0v) is 21.1. The third-order valence-corrected chi connectivity index (χ3v) is 5.42. The van der Waals surface area contributed by atoms with Crippen LogP contribution >= 0.6 is 0 Å². The SMILES string of the molecule is [2H]c1c([2H])c([2H])c(C(O)(C(=O)O)C2([2H])C([2H])([2H])C([2H])([2H])C([2H])([2H])C([2H])([2H])C2([2H])[2H])c([2H])c1[2H].[2H]c1c([2H])c([2H])c(C(O[Si](C)(C)C)(C(=O)O)C2([2H])C([2H])([2H])C([2H])([2H])C([2H])([2H])C([2H])([2H])C2([2H])[2H])c([2H])c1[2H]. The second-order valence-electron chi connectivity index (χ2n) is 8.22. The normalized spacial score (nSPS) is 47.5. The molecule has 2 saturated carbocycles. The number of hydrogen-bond donors (Lipinski definition) is 3. The van der Waals surface area contributed by atoms with Gasteiger partial charge in [0.1, 0.15) is 0 Å². The minimum absolute atomic E-state index is 1.01. The van der Waals surface area contributed by atoms with Gasteiger partial charge in [0.15, 0.2) is 19.5 Å². The highest BCUT2D eigenvalue weighted by Crippen LogP contribution is 2.44. The third-order valence-electron chi connectivity index (χ3n) is 4.50. The van der Waals surface area contributed by atoms with E-state index >= 15 is 0 Å².